The number of hydrogen-bond acceptors (Lipinski definition) is 4. The zero-order valence-corrected chi connectivity index (χ0v) is 13.1. The van der Waals surface area contributed by atoms with Crippen molar-refractivity contribution < 1.29 is 19.8 Å². The molecule has 0 unspecified atom stereocenters. The van der Waals surface area contributed by atoms with E-state index in [1.165, 1.54) is 0 Å². The summed E-state index contributed by atoms with van der Waals surface area (Å²) in [6.07, 6.45) is 7.71. The van der Waals surface area contributed by atoms with Crippen LogP contribution in [0.3, 0.4) is 0 Å². The summed E-state index contributed by atoms with van der Waals surface area (Å²) in [4.78, 5) is 24.2. The molecule has 22 heavy (non-hydrogen) atoms. The number of hydrogen-bond donors (Lipinski definition) is 4. The Labute approximate surface area is 131 Å². The largest absolute Gasteiger partial charge is 0.377 e. The second kappa shape index (κ2) is 6.54. The summed E-state index contributed by atoms with van der Waals surface area (Å²) >= 11 is 0. The van der Waals surface area contributed by atoms with Crippen molar-refractivity contribution in [3.63, 3.8) is 0 Å². The molecule has 0 radical (unpaired) electrons. The standard InChI is InChI=1S/C16H28N2O4/c17-13(19)15(21,11-7-3-1-4-8-11)16(22,14(18)20)12-9-5-2-6-10-12/h11-12,21-22H,1-10H2,(H2,17,19)(H2,18,20)/t15-,16-/m0/s1. The molecule has 2 atom stereocenters. The first-order valence-electron chi connectivity index (χ1n) is 8.39. The van der Waals surface area contributed by atoms with Crippen molar-refractivity contribution >= 4 is 11.8 Å². The molecule has 0 saturated heterocycles. The van der Waals surface area contributed by atoms with E-state index in [-0.39, 0.29) is 0 Å². The van der Waals surface area contributed by atoms with Crippen molar-refractivity contribution in [1.29, 1.82) is 0 Å². The Balaban J connectivity index is 2.44. The van der Waals surface area contributed by atoms with Crippen molar-refractivity contribution in [3.05, 3.63) is 0 Å². The minimum atomic E-state index is -2.28. The molecule has 0 aromatic heterocycles. The van der Waals surface area contributed by atoms with Crippen LogP contribution < -0.4 is 11.5 Å². The van der Waals surface area contributed by atoms with Crippen LogP contribution in [0.1, 0.15) is 64.2 Å². The van der Waals surface area contributed by atoms with E-state index in [2.05, 4.69) is 0 Å². The van der Waals surface area contributed by atoms with E-state index in [0.29, 0.717) is 25.7 Å². The van der Waals surface area contributed by atoms with Crippen LogP contribution >= 0.6 is 0 Å². The second-order valence-electron chi connectivity index (χ2n) is 6.93. The Kier molecular flexibility index (Phi) is 5.12. The van der Waals surface area contributed by atoms with Gasteiger partial charge in [0.1, 0.15) is 0 Å². The molecule has 6 heteroatoms. The minimum Gasteiger partial charge on any atom is -0.377 e. The normalized spacial score (nSPS) is 26.8. The van der Waals surface area contributed by atoms with Gasteiger partial charge >= 0.3 is 0 Å². The van der Waals surface area contributed by atoms with Gasteiger partial charge in [0.25, 0.3) is 11.8 Å². The highest BCUT2D eigenvalue weighted by molar-refractivity contribution is 5.96. The number of carbonyl (C=O) groups excluding carboxylic acids is 2. The fourth-order valence-corrected chi connectivity index (χ4v) is 4.44. The Morgan fingerprint density at radius 2 is 0.955 bits per heavy atom. The predicted molar refractivity (Wildman–Crippen MR) is 81.4 cm³/mol. The lowest BCUT2D eigenvalue weighted by Gasteiger charge is -2.49. The van der Waals surface area contributed by atoms with Crippen LogP contribution in [0.25, 0.3) is 0 Å². The van der Waals surface area contributed by atoms with E-state index in [1.54, 1.807) is 0 Å². The smallest absolute Gasteiger partial charge is 0.253 e. The molecule has 0 heterocycles. The summed E-state index contributed by atoms with van der Waals surface area (Å²) in [7, 11) is 0. The number of nitrogens with two attached hydrogens (primary N) is 2. The van der Waals surface area contributed by atoms with Crippen molar-refractivity contribution in [3.8, 4) is 0 Å². The summed E-state index contributed by atoms with van der Waals surface area (Å²) in [5.74, 6) is -3.10. The molecular weight excluding hydrogens is 284 g/mol. The van der Waals surface area contributed by atoms with Gasteiger partial charge in [-0.2, -0.15) is 0 Å². The molecule has 0 bridgehead atoms. The van der Waals surface area contributed by atoms with Gasteiger partial charge in [-0.3, -0.25) is 9.59 Å². The van der Waals surface area contributed by atoms with Gasteiger partial charge in [0.05, 0.1) is 0 Å². The molecule has 2 amide bonds. The monoisotopic (exact) mass is 312 g/mol. The van der Waals surface area contributed by atoms with Gasteiger partial charge in [-0.15, -0.1) is 0 Å². The van der Waals surface area contributed by atoms with Gasteiger partial charge in [-0.1, -0.05) is 38.5 Å². The molecule has 0 aliphatic heterocycles. The molecule has 0 aromatic carbocycles. The zero-order chi connectivity index (χ0) is 16.4. The summed E-state index contributed by atoms with van der Waals surface area (Å²) in [6.45, 7) is 0. The van der Waals surface area contributed by atoms with Crippen LogP contribution in [0.2, 0.25) is 0 Å². The number of aliphatic hydroxyl groups is 2. The Hall–Kier alpha value is -1.14. The molecule has 2 saturated carbocycles. The third-order valence-electron chi connectivity index (χ3n) is 5.72. The highest BCUT2D eigenvalue weighted by Crippen LogP contribution is 2.46. The lowest BCUT2D eigenvalue weighted by atomic mass is 9.60. The second-order valence-corrected chi connectivity index (χ2v) is 6.93. The zero-order valence-electron chi connectivity index (χ0n) is 13.1. The first kappa shape index (κ1) is 17.2. The van der Waals surface area contributed by atoms with Crippen molar-refractivity contribution in [1.82, 2.24) is 0 Å². The van der Waals surface area contributed by atoms with E-state index < -0.39 is 34.9 Å². The highest BCUT2D eigenvalue weighted by Gasteiger charge is 2.64. The van der Waals surface area contributed by atoms with E-state index in [4.69, 9.17) is 11.5 Å². The number of carbonyl (C=O) groups is 2. The molecule has 126 valence electrons. The molecule has 0 spiro atoms. The van der Waals surface area contributed by atoms with Crippen LogP contribution in [0.15, 0.2) is 0 Å². The third kappa shape index (κ3) is 2.63. The lowest BCUT2D eigenvalue weighted by molar-refractivity contribution is -0.212. The van der Waals surface area contributed by atoms with E-state index in [9.17, 15) is 19.8 Å². The van der Waals surface area contributed by atoms with Crippen LogP contribution in [0.5, 0.6) is 0 Å². The molecule has 2 aliphatic carbocycles. The van der Waals surface area contributed by atoms with Gasteiger partial charge in [0.2, 0.25) is 0 Å². The third-order valence-corrected chi connectivity index (χ3v) is 5.72. The average molecular weight is 312 g/mol. The fourth-order valence-electron chi connectivity index (χ4n) is 4.44. The summed E-state index contributed by atoms with van der Waals surface area (Å²) < 4.78 is 0. The minimum absolute atomic E-state index is 0.516. The molecule has 6 N–H and O–H groups in total. The molecule has 2 fully saturated rings. The molecule has 2 aliphatic rings. The Bertz CT molecular complexity index is 390. The predicted octanol–water partition coefficient (Wildman–Crippen LogP) is 0.580. The highest BCUT2D eigenvalue weighted by atomic mass is 16.4. The Morgan fingerprint density at radius 1 is 0.682 bits per heavy atom. The number of amides is 2. The van der Waals surface area contributed by atoms with Crippen LogP contribution in [-0.4, -0.2) is 33.2 Å². The van der Waals surface area contributed by atoms with Gasteiger partial charge in [-0.25, -0.2) is 0 Å². The Morgan fingerprint density at radius 3 is 1.18 bits per heavy atom. The summed E-state index contributed by atoms with van der Waals surface area (Å²) in [6, 6.07) is 0. The summed E-state index contributed by atoms with van der Waals surface area (Å²) in [5.41, 5.74) is 6.40. The molecule has 6 nitrogen and oxygen atoms in total. The maximum absolute atomic E-state index is 12.1. The maximum atomic E-state index is 12.1. The van der Waals surface area contributed by atoms with Crippen LogP contribution in [-0.2, 0) is 9.59 Å². The molecular formula is C16H28N2O4. The van der Waals surface area contributed by atoms with Gasteiger partial charge in [0, 0.05) is 11.8 Å². The van der Waals surface area contributed by atoms with Crippen LogP contribution in [0, 0.1) is 11.8 Å². The first-order valence-corrected chi connectivity index (χ1v) is 8.39. The van der Waals surface area contributed by atoms with Gasteiger partial charge in [0.15, 0.2) is 11.2 Å². The van der Waals surface area contributed by atoms with Crippen molar-refractivity contribution in [2.24, 2.45) is 23.3 Å². The van der Waals surface area contributed by atoms with Crippen molar-refractivity contribution in [2.45, 2.75) is 75.4 Å². The van der Waals surface area contributed by atoms with Crippen molar-refractivity contribution in [2.75, 3.05) is 0 Å². The van der Waals surface area contributed by atoms with E-state index >= 15 is 0 Å². The van der Waals surface area contributed by atoms with E-state index in [1.807, 2.05) is 0 Å². The van der Waals surface area contributed by atoms with Crippen LogP contribution in [0.4, 0.5) is 0 Å². The van der Waals surface area contributed by atoms with E-state index in [0.717, 1.165) is 38.5 Å². The maximum Gasteiger partial charge on any atom is 0.253 e. The topological polar surface area (TPSA) is 127 Å². The number of primary amides is 2. The fraction of sp³-hybridized carbons (Fsp3) is 0.875. The number of rotatable bonds is 5. The van der Waals surface area contributed by atoms with Gasteiger partial charge < -0.3 is 21.7 Å². The summed E-state index contributed by atoms with van der Waals surface area (Å²) in [5, 5.41) is 22.3. The molecule has 2 rings (SSSR count). The molecule has 0 aromatic rings. The SMILES string of the molecule is NC(=O)[C@@](O)(C1CCCCC1)[C@@](O)(C(N)=O)C1CCCCC1. The average Bonchev–Trinajstić information content (AvgIpc) is 2.54. The first-order chi connectivity index (χ1) is 10.3. The lowest BCUT2D eigenvalue weighted by Crippen LogP contribution is -2.73. The quantitative estimate of drug-likeness (QED) is 0.592. The van der Waals surface area contributed by atoms with Gasteiger partial charge in [-0.05, 0) is 25.7 Å².